The zero-order valence-corrected chi connectivity index (χ0v) is 14.3. The van der Waals surface area contributed by atoms with Crippen LogP contribution in [0.2, 0.25) is 0 Å². The van der Waals surface area contributed by atoms with E-state index in [4.69, 9.17) is 0 Å². The van der Waals surface area contributed by atoms with Gasteiger partial charge in [-0.05, 0) is 46.6 Å². The fourth-order valence-corrected chi connectivity index (χ4v) is 2.48. The highest BCUT2D eigenvalue weighted by Gasteiger charge is 2.03. The second-order valence-electron chi connectivity index (χ2n) is 5.21. The maximum atomic E-state index is 4.49. The molecular weight excluding hydrogens is 352 g/mol. The van der Waals surface area contributed by atoms with Gasteiger partial charge in [-0.1, -0.05) is 42.0 Å². The minimum absolute atomic E-state index is 0.561. The predicted octanol–water partition coefficient (Wildman–Crippen LogP) is 4.90. The summed E-state index contributed by atoms with van der Waals surface area (Å²) in [5.41, 5.74) is 3.41. The van der Waals surface area contributed by atoms with Crippen molar-refractivity contribution < 1.29 is 0 Å². The van der Waals surface area contributed by atoms with Gasteiger partial charge in [0.15, 0.2) is 0 Å². The topological polar surface area (TPSA) is 49.8 Å². The summed E-state index contributed by atoms with van der Waals surface area (Å²) in [7, 11) is 0. The van der Waals surface area contributed by atoms with Crippen LogP contribution in [0.15, 0.2) is 65.3 Å². The first-order valence-electron chi connectivity index (χ1n) is 7.35. The Morgan fingerprint density at radius 1 is 1.00 bits per heavy atom. The average Bonchev–Trinajstić information content (AvgIpc) is 2.57. The summed E-state index contributed by atoms with van der Waals surface area (Å²) in [6, 6.07) is 18.2. The summed E-state index contributed by atoms with van der Waals surface area (Å²) in [5, 5.41) is 6.53. The number of aryl methyl sites for hydroxylation is 1. The van der Waals surface area contributed by atoms with Crippen molar-refractivity contribution in [2.75, 3.05) is 10.6 Å². The number of hydrogen-bond donors (Lipinski definition) is 2. The summed E-state index contributed by atoms with van der Waals surface area (Å²) >= 11 is 3.51. The number of nitrogens with one attached hydrogen (secondary N) is 2. The number of anilines is 3. The zero-order chi connectivity index (χ0) is 16.1. The van der Waals surface area contributed by atoms with Gasteiger partial charge in [-0.3, -0.25) is 0 Å². The van der Waals surface area contributed by atoms with E-state index >= 15 is 0 Å². The number of nitrogens with zero attached hydrogens (tertiary/aromatic N) is 2. The van der Waals surface area contributed by atoms with Crippen LogP contribution < -0.4 is 10.6 Å². The van der Waals surface area contributed by atoms with Crippen molar-refractivity contribution >= 4 is 33.4 Å². The van der Waals surface area contributed by atoms with Crippen molar-refractivity contribution in [2.45, 2.75) is 13.5 Å². The second-order valence-corrected chi connectivity index (χ2v) is 6.06. The highest BCUT2D eigenvalue weighted by atomic mass is 79.9. The summed E-state index contributed by atoms with van der Waals surface area (Å²) in [4.78, 5) is 8.75. The smallest absolute Gasteiger partial charge is 0.229 e. The number of halogens is 1. The van der Waals surface area contributed by atoms with Crippen LogP contribution in [0.25, 0.3) is 0 Å². The van der Waals surface area contributed by atoms with Gasteiger partial charge in [0.1, 0.15) is 5.82 Å². The lowest BCUT2D eigenvalue weighted by molar-refractivity contribution is 1.08. The highest BCUT2D eigenvalue weighted by molar-refractivity contribution is 9.10. The summed E-state index contributed by atoms with van der Waals surface area (Å²) in [5.74, 6) is 1.35. The minimum Gasteiger partial charge on any atom is -0.366 e. The van der Waals surface area contributed by atoms with E-state index in [-0.39, 0.29) is 0 Å². The van der Waals surface area contributed by atoms with Crippen molar-refractivity contribution in [3.8, 4) is 0 Å². The zero-order valence-electron chi connectivity index (χ0n) is 12.8. The Balaban J connectivity index is 1.67. The summed E-state index contributed by atoms with van der Waals surface area (Å²) in [6.45, 7) is 2.81. The van der Waals surface area contributed by atoms with Crippen LogP contribution in [0.4, 0.5) is 17.5 Å². The maximum absolute atomic E-state index is 4.49. The van der Waals surface area contributed by atoms with Gasteiger partial charge < -0.3 is 10.6 Å². The SMILES string of the molecule is Cc1ccc(CNc2ccnc(Nc3ccccc3Br)n2)cc1. The van der Waals surface area contributed by atoms with Gasteiger partial charge in [0.25, 0.3) is 0 Å². The van der Waals surface area contributed by atoms with Gasteiger partial charge in [0.2, 0.25) is 5.95 Å². The second kappa shape index (κ2) is 7.24. The normalized spacial score (nSPS) is 10.3. The molecule has 0 amide bonds. The molecular formula is C18H17BrN4. The Labute approximate surface area is 144 Å². The molecule has 3 rings (SSSR count). The molecule has 3 aromatic rings. The number of rotatable bonds is 5. The fourth-order valence-electron chi connectivity index (χ4n) is 2.10. The van der Waals surface area contributed by atoms with Crippen LogP contribution in [0.3, 0.4) is 0 Å². The summed E-state index contributed by atoms with van der Waals surface area (Å²) < 4.78 is 0.974. The third-order valence-electron chi connectivity index (χ3n) is 3.37. The molecule has 0 spiro atoms. The number of benzene rings is 2. The van der Waals surface area contributed by atoms with E-state index in [1.807, 2.05) is 30.3 Å². The molecule has 1 aromatic heterocycles. The van der Waals surface area contributed by atoms with Crippen molar-refractivity contribution in [1.82, 2.24) is 9.97 Å². The largest absolute Gasteiger partial charge is 0.366 e. The van der Waals surface area contributed by atoms with E-state index in [0.717, 1.165) is 22.5 Å². The first-order chi connectivity index (χ1) is 11.2. The highest BCUT2D eigenvalue weighted by Crippen LogP contribution is 2.24. The van der Waals surface area contributed by atoms with Gasteiger partial charge in [0.05, 0.1) is 5.69 Å². The Kier molecular flexibility index (Phi) is 4.88. The molecule has 0 saturated carbocycles. The Morgan fingerprint density at radius 2 is 1.78 bits per heavy atom. The quantitative estimate of drug-likeness (QED) is 0.672. The molecule has 0 bridgehead atoms. The van der Waals surface area contributed by atoms with Gasteiger partial charge in [-0.15, -0.1) is 0 Å². The van der Waals surface area contributed by atoms with Crippen LogP contribution in [0.1, 0.15) is 11.1 Å². The van der Waals surface area contributed by atoms with Crippen LogP contribution in [-0.2, 0) is 6.54 Å². The molecule has 4 nitrogen and oxygen atoms in total. The number of aromatic nitrogens is 2. The lowest BCUT2D eigenvalue weighted by Gasteiger charge is -2.09. The van der Waals surface area contributed by atoms with E-state index in [2.05, 4.69) is 67.7 Å². The summed E-state index contributed by atoms with van der Waals surface area (Å²) in [6.07, 6.45) is 1.74. The molecule has 2 N–H and O–H groups in total. The van der Waals surface area contributed by atoms with Gasteiger partial charge in [0, 0.05) is 17.2 Å². The van der Waals surface area contributed by atoms with Crippen LogP contribution in [0.5, 0.6) is 0 Å². The molecule has 0 saturated heterocycles. The van der Waals surface area contributed by atoms with E-state index in [0.29, 0.717) is 5.95 Å². The van der Waals surface area contributed by atoms with Gasteiger partial charge in [-0.25, -0.2) is 4.98 Å². The molecule has 1 heterocycles. The predicted molar refractivity (Wildman–Crippen MR) is 98.0 cm³/mol. The Hall–Kier alpha value is -2.40. The van der Waals surface area contributed by atoms with Crippen LogP contribution >= 0.6 is 15.9 Å². The first-order valence-corrected chi connectivity index (χ1v) is 8.14. The average molecular weight is 369 g/mol. The fraction of sp³-hybridized carbons (Fsp3) is 0.111. The number of para-hydroxylation sites is 1. The third-order valence-corrected chi connectivity index (χ3v) is 4.06. The first kappa shape index (κ1) is 15.5. The van der Waals surface area contributed by atoms with Crippen molar-refractivity contribution in [3.05, 3.63) is 76.4 Å². The van der Waals surface area contributed by atoms with Crippen LogP contribution in [0, 0.1) is 6.92 Å². The molecule has 0 aliphatic heterocycles. The molecule has 0 fully saturated rings. The molecule has 0 atom stereocenters. The van der Waals surface area contributed by atoms with Gasteiger partial charge in [-0.2, -0.15) is 4.98 Å². The Bertz CT molecular complexity index is 787. The molecule has 116 valence electrons. The minimum atomic E-state index is 0.561. The lowest BCUT2D eigenvalue weighted by atomic mass is 10.1. The van der Waals surface area contributed by atoms with E-state index in [9.17, 15) is 0 Å². The van der Waals surface area contributed by atoms with E-state index in [1.54, 1.807) is 6.20 Å². The standard InChI is InChI=1S/C18H17BrN4/c1-13-6-8-14(9-7-13)12-21-17-10-11-20-18(23-17)22-16-5-3-2-4-15(16)19/h2-11H,12H2,1H3,(H2,20,21,22,23). The lowest BCUT2D eigenvalue weighted by Crippen LogP contribution is -2.04. The van der Waals surface area contributed by atoms with Crippen molar-refractivity contribution in [2.24, 2.45) is 0 Å². The molecule has 0 radical (unpaired) electrons. The van der Waals surface area contributed by atoms with E-state index < -0.39 is 0 Å². The number of hydrogen-bond acceptors (Lipinski definition) is 4. The third kappa shape index (κ3) is 4.29. The molecule has 0 aliphatic carbocycles. The van der Waals surface area contributed by atoms with Crippen molar-refractivity contribution in [1.29, 1.82) is 0 Å². The molecule has 0 aliphatic rings. The maximum Gasteiger partial charge on any atom is 0.229 e. The molecule has 23 heavy (non-hydrogen) atoms. The monoisotopic (exact) mass is 368 g/mol. The molecule has 5 heteroatoms. The Morgan fingerprint density at radius 3 is 2.57 bits per heavy atom. The van der Waals surface area contributed by atoms with E-state index in [1.165, 1.54) is 11.1 Å². The molecule has 0 unspecified atom stereocenters. The van der Waals surface area contributed by atoms with Crippen molar-refractivity contribution in [3.63, 3.8) is 0 Å². The van der Waals surface area contributed by atoms with Crippen LogP contribution in [-0.4, -0.2) is 9.97 Å². The van der Waals surface area contributed by atoms with Gasteiger partial charge >= 0.3 is 0 Å². The molecule has 2 aromatic carbocycles.